The number of carbonyl (C=O) groups is 1. The van der Waals surface area contributed by atoms with E-state index in [0.717, 1.165) is 5.75 Å². The Bertz CT molecular complexity index is 495. The number of methoxy groups -OCH3 is 2. The molecule has 2 rings (SSSR count). The summed E-state index contributed by atoms with van der Waals surface area (Å²) in [6, 6.07) is 16.3. The van der Waals surface area contributed by atoms with E-state index in [9.17, 15) is 4.79 Å². The molecule has 0 unspecified atom stereocenters. The fraction of sp³-hybridized carbons (Fsp3) is 0.133. The highest BCUT2D eigenvalue weighted by Crippen LogP contribution is 2.06. The SMILES string of the molecule is COC(=O)c1ccc(N)cc1.COc1ccccc1. The van der Waals surface area contributed by atoms with E-state index in [1.165, 1.54) is 7.11 Å². The lowest BCUT2D eigenvalue weighted by atomic mass is 10.2. The largest absolute Gasteiger partial charge is 0.497 e. The molecule has 0 saturated heterocycles. The third kappa shape index (κ3) is 5.12. The number of benzene rings is 2. The van der Waals surface area contributed by atoms with Gasteiger partial charge in [-0.2, -0.15) is 0 Å². The zero-order chi connectivity index (χ0) is 14.1. The van der Waals surface area contributed by atoms with E-state index in [0.29, 0.717) is 11.3 Å². The molecule has 0 aliphatic heterocycles. The summed E-state index contributed by atoms with van der Waals surface area (Å²) in [6.07, 6.45) is 0. The van der Waals surface area contributed by atoms with Gasteiger partial charge < -0.3 is 15.2 Å². The Morgan fingerprint density at radius 3 is 1.95 bits per heavy atom. The highest BCUT2D eigenvalue weighted by atomic mass is 16.5. The van der Waals surface area contributed by atoms with Crippen LogP contribution in [0.3, 0.4) is 0 Å². The fourth-order valence-corrected chi connectivity index (χ4v) is 1.29. The van der Waals surface area contributed by atoms with Crippen molar-refractivity contribution < 1.29 is 14.3 Å². The average Bonchev–Trinajstić information content (AvgIpc) is 2.48. The number of nitrogen functional groups attached to an aromatic ring is 1. The Balaban J connectivity index is 0.000000200. The van der Waals surface area contributed by atoms with Gasteiger partial charge >= 0.3 is 5.97 Å². The summed E-state index contributed by atoms with van der Waals surface area (Å²) in [4.78, 5) is 10.9. The maximum Gasteiger partial charge on any atom is 0.337 e. The monoisotopic (exact) mass is 259 g/mol. The molecular formula is C15H17NO3. The second kappa shape index (κ2) is 7.76. The third-order valence-corrected chi connectivity index (χ3v) is 2.31. The summed E-state index contributed by atoms with van der Waals surface area (Å²) in [5.41, 5.74) is 6.57. The highest BCUT2D eigenvalue weighted by molar-refractivity contribution is 5.89. The van der Waals surface area contributed by atoms with Gasteiger partial charge in [0.1, 0.15) is 5.75 Å². The van der Waals surface area contributed by atoms with Crippen LogP contribution >= 0.6 is 0 Å². The standard InChI is InChI=1S/C8H9NO2.C7H8O/c1-11-8(10)6-2-4-7(9)5-3-6;1-8-7-5-3-2-4-6-7/h2-5H,9H2,1H3;2-6H,1H3. The molecule has 19 heavy (non-hydrogen) atoms. The fourth-order valence-electron chi connectivity index (χ4n) is 1.29. The Hall–Kier alpha value is -2.49. The molecule has 0 amide bonds. The molecule has 0 aromatic heterocycles. The second-order valence-electron chi connectivity index (χ2n) is 3.63. The quantitative estimate of drug-likeness (QED) is 0.665. The normalized spacial score (nSPS) is 8.95. The lowest BCUT2D eigenvalue weighted by molar-refractivity contribution is 0.0601. The average molecular weight is 259 g/mol. The van der Waals surface area contributed by atoms with Crippen LogP contribution in [0.1, 0.15) is 10.4 Å². The molecule has 0 spiro atoms. The molecule has 100 valence electrons. The van der Waals surface area contributed by atoms with E-state index in [4.69, 9.17) is 10.5 Å². The van der Waals surface area contributed by atoms with Gasteiger partial charge in [0, 0.05) is 5.69 Å². The number of ether oxygens (including phenoxy) is 2. The number of para-hydroxylation sites is 1. The van der Waals surface area contributed by atoms with Crippen LogP contribution in [0.5, 0.6) is 5.75 Å². The van der Waals surface area contributed by atoms with Gasteiger partial charge in [-0.3, -0.25) is 0 Å². The zero-order valence-corrected chi connectivity index (χ0v) is 11.0. The number of carbonyl (C=O) groups excluding carboxylic acids is 1. The molecule has 0 aliphatic rings. The molecule has 2 N–H and O–H groups in total. The first kappa shape index (κ1) is 14.6. The van der Waals surface area contributed by atoms with E-state index in [1.807, 2.05) is 30.3 Å². The first-order valence-electron chi connectivity index (χ1n) is 5.70. The van der Waals surface area contributed by atoms with E-state index in [1.54, 1.807) is 31.4 Å². The van der Waals surface area contributed by atoms with Gasteiger partial charge in [0.05, 0.1) is 19.8 Å². The van der Waals surface area contributed by atoms with Crippen molar-refractivity contribution in [2.75, 3.05) is 20.0 Å². The molecule has 0 bridgehead atoms. The molecule has 4 nitrogen and oxygen atoms in total. The molecular weight excluding hydrogens is 242 g/mol. The van der Waals surface area contributed by atoms with E-state index in [-0.39, 0.29) is 5.97 Å². The van der Waals surface area contributed by atoms with Crippen LogP contribution in [0.2, 0.25) is 0 Å². The number of hydrogen-bond acceptors (Lipinski definition) is 4. The maximum absolute atomic E-state index is 10.9. The number of hydrogen-bond donors (Lipinski definition) is 1. The first-order valence-corrected chi connectivity index (χ1v) is 5.70. The molecule has 0 atom stereocenters. The molecule has 4 heteroatoms. The van der Waals surface area contributed by atoms with Crippen LogP contribution in [0.15, 0.2) is 54.6 Å². The number of esters is 1. The number of rotatable bonds is 2. The van der Waals surface area contributed by atoms with E-state index >= 15 is 0 Å². The van der Waals surface area contributed by atoms with Crippen molar-refractivity contribution in [2.45, 2.75) is 0 Å². The van der Waals surface area contributed by atoms with Crippen molar-refractivity contribution in [3.05, 3.63) is 60.2 Å². The molecule has 0 heterocycles. The minimum absolute atomic E-state index is 0.343. The van der Waals surface area contributed by atoms with Gasteiger partial charge in [-0.05, 0) is 36.4 Å². The predicted molar refractivity (Wildman–Crippen MR) is 75.2 cm³/mol. The van der Waals surface area contributed by atoms with Gasteiger partial charge in [-0.1, -0.05) is 18.2 Å². The number of nitrogens with two attached hydrogens (primary N) is 1. The van der Waals surface area contributed by atoms with Crippen LogP contribution in [-0.2, 0) is 4.74 Å². The van der Waals surface area contributed by atoms with Crippen molar-refractivity contribution in [3.63, 3.8) is 0 Å². The van der Waals surface area contributed by atoms with Crippen LogP contribution in [0.25, 0.3) is 0 Å². The number of anilines is 1. The minimum atomic E-state index is -0.343. The van der Waals surface area contributed by atoms with Gasteiger partial charge in [0.15, 0.2) is 0 Å². The third-order valence-electron chi connectivity index (χ3n) is 2.31. The zero-order valence-electron chi connectivity index (χ0n) is 11.0. The summed E-state index contributed by atoms with van der Waals surface area (Å²) < 4.78 is 9.41. The molecule has 0 saturated carbocycles. The van der Waals surface area contributed by atoms with Crippen molar-refractivity contribution >= 4 is 11.7 Å². The van der Waals surface area contributed by atoms with Crippen LogP contribution in [0.4, 0.5) is 5.69 Å². The Morgan fingerprint density at radius 1 is 0.947 bits per heavy atom. The summed E-state index contributed by atoms with van der Waals surface area (Å²) in [7, 11) is 3.01. The van der Waals surface area contributed by atoms with Crippen molar-refractivity contribution in [3.8, 4) is 5.75 Å². The van der Waals surface area contributed by atoms with Crippen molar-refractivity contribution in [2.24, 2.45) is 0 Å². The van der Waals surface area contributed by atoms with Crippen LogP contribution < -0.4 is 10.5 Å². The summed E-state index contributed by atoms with van der Waals surface area (Å²) in [5.74, 6) is 0.567. The molecule has 0 aliphatic carbocycles. The van der Waals surface area contributed by atoms with Gasteiger partial charge in [-0.25, -0.2) is 4.79 Å². The minimum Gasteiger partial charge on any atom is -0.497 e. The first-order chi connectivity index (χ1) is 9.17. The second-order valence-corrected chi connectivity index (χ2v) is 3.63. The van der Waals surface area contributed by atoms with E-state index in [2.05, 4.69) is 4.74 Å². The molecule has 2 aromatic carbocycles. The van der Waals surface area contributed by atoms with Crippen molar-refractivity contribution in [1.82, 2.24) is 0 Å². The van der Waals surface area contributed by atoms with Gasteiger partial charge in [0.25, 0.3) is 0 Å². The smallest absolute Gasteiger partial charge is 0.337 e. The Kier molecular flexibility index (Phi) is 5.95. The van der Waals surface area contributed by atoms with Crippen molar-refractivity contribution in [1.29, 1.82) is 0 Å². The van der Waals surface area contributed by atoms with Gasteiger partial charge in [0.2, 0.25) is 0 Å². The lowest BCUT2D eigenvalue weighted by Gasteiger charge is -1.97. The summed E-state index contributed by atoms with van der Waals surface area (Å²) in [5, 5.41) is 0. The molecule has 2 aromatic rings. The topological polar surface area (TPSA) is 61.5 Å². The van der Waals surface area contributed by atoms with E-state index < -0.39 is 0 Å². The predicted octanol–water partition coefficient (Wildman–Crippen LogP) is 2.75. The molecule has 0 fully saturated rings. The van der Waals surface area contributed by atoms with Crippen LogP contribution in [-0.4, -0.2) is 20.2 Å². The Morgan fingerprint density at radius 2 is 1.53 bits per heavy atom. The maximum atomic E-state index is 10.9. The van der Waals surface area contributed by atoms with Crippen LogP contribution in [0, 0.1) is 0 Å². The highest BCUT2D eigenvalue weighted by Gasteiger charge is 2.02. The molecule has 0 radical (unpaired) electrons. The summed E-state index contributed by atoms with van der Waals surface area (Å²) >= 11 is 0. The summed E-state index contributed by atoms with van der Waals surface area (Å²) in [6.45, 7) is 0. The van der Waals surface area contributed by atoms with Gasteiger partial charge in [-0.15, -0.1) is 0 Å². The Labute approximate surface area is 112 Å². The lowest BCUT2D eigenvalue weighted by Crippen LogP contribution is -2.00.